The summed E-state index contributed by atoms with van der Waals surface area (Å²) in [6, 6.07) is 5.72. The highest BCUT2D eigenvalue weighted by molar-refractivity contribution is 8.14. The topological polar surface area (TPSA) is 42.8 Å². The molecule has 0 aromatic heterocycles. The van der Waals surface area contributed by atoms with Gasteiger partial charge in [0.2, 0.25) is 0 Å². The van der Waals surface area contributed by atoms with Crippen LogP contribution in [0.5, 0.6) is 11.5 Å². The van der Waals surface area contributed by atoms with Gasteiger partial charge in [-0.05, 0) is 5.92 Å². The van der Waals surface area contributed by atoms with Crippen LogP contribution in [0.3, 0.4) is 0 Å². The van der Waals surface area contributed by atoms with Crippen LogP contribution in [-0.2, 0) is 0 Å². The number of hydrogen-bond donors (Lipinski definition) is 1. The van der Waals surface area contributed by atoms with Gasteiger partial charge in [0.1, 0.15) is 11.5 Å². The zero-order valence-corrected chi connectivity index (χ0v) is 11.7. The Morgan fingerprint density at radius 2 is 1.89 bits per heavy atom. The Labute approximate surface area is 112 Å². The maximum atomic E-state index is 5.24. The van der Waals surface area contributed by atoms with Crippen molar-refractivity contribution in [3.8, 4) is 11.5 Å². The monoisotopic (exact) mass is 266 g/mol. The number of hydrogen-bond acceptors (Lipinski definition) is 5. The molecule has 1 heterocycles. The molecule has 0 spiro atoms. The van der Waals surface area contributed by atoms with Gasteiger partial charge >= 0.3 is 0 Å². The van der Waals surface area contributed by atoms with Crippen molar-refractivity contribution < 1.29 is 9.47 Å². The zero-order chi connectivity index (χ0) is 13.0. The molecule has 0 aliphatic carbocycles. The second-order valence-electron chi connectivity index (χ2n) is 4.29. The molecule has 1 aliphatic rings. The van der Waals surface area contributed by atoms with Gasteiger partial charge in [0.15, 0.2) is 5.17 Å². The Morgan fingerprint density at radius 3 is 2.39 bits per heavy atom. The average molecular weight is 266 g/mol. The molecular formula is C13H18N2O2S. The molecule has 0 radical (unpaired) electrons. The minimum absolute atomic E-state index is 0.653. The molecular weight excluding hydrogens is 248 g/mol. The number of rotatable bonds is 3. The number of nitrogens with zero attached hydrogens (tertiary/aromatic N) is 1. The molecule has 5 heteroatoms. The van der Waals surface area contributed by atoms with Crippen LogP contribution < -0.4 is 14.8 Å². The molecule has 0 bridgehead atoms. The standard InChI is InChI=1S/C13H18N2O2S/c1-9-7-14-13(18-8-9)15-10-4-11(16-2)6-12(5-10)17-3/h4-6,9H,7-8H2,1-3H3,(H,14,15). The van der Waals surface area contributed by atoms with Gasteiger partial charge in [-0.1, -0.05) is 18.7 Å². The number of benzene rings is 1. The van der Waals surface area contributed by atoms with Crippen molar-refractivity contribution >= 4 is 22.6 Å². The van der Waals surface area contributed by atoms with Gasteiger partial charge in [0, 0.05) is 36.2 Å². The third-order valence-electron chi connectivity index (χ3n) is 2.65. The largest absolute Gasteiger partial charge is 0.497 e. The third-order valence-corrected chi connectivity index (χ3v) is 3.89. The molecule has 1 unspecified atom stereocenters. The molecule has 2 rings (SSSR count). The predicted molar refractivity (Wildman–Crippen MR) is 77.1 cm³/mol. The molecule has 4 nitrogen and oxygen atoms in total. The molecule has 98 valence electrons. The van der Waals surface area contributed by atoms with E-state index in [4.69, 9.17) is 9.47 Å². The Morgan fingerprint density at radius 1 is 1.22 bits per heavy atom. The fourth-order valence-corrected chi connectivity index (χ4v) is 2.54. The molecule has 1 aromatic carbocycles. The van der Waals surface area contributed by atoms with Crippen LogP contribution in [0.25, 0.3) is 0 Å². The second-order valence-corrected chi connectivity index (χ2v) is 5.30. The summed E-state index contributed by atoms with van der Waals surface area (Å²) >= 11 is 1.75. The Bertz CT molecular complexity index is 426. The number of methoxy groups -OCH3 is 2. The van der Waals surface area contributed by atoms with Gasteiger partial charge in [0.05, 0.1) is 14.2 Å². The van der Waals surface area contributed by atoms with Crippen molar-refractivity contribution in [1.29, 1.82) is 0 Å². The van der Waals surface area contributed by atoms with E-state index in [1.54, 1.807) is 26.0 Å². The van der Waals surface area contributed by atoms with Crippen LogP contribution in [0.2, 0.25) is 0 Å². The molecule has 1 aliphatic heterocycles. The molecule has 18 heavy (non-hydrogen) atoms. The minimum atomic E-state index is 0.653. The van der Waals surface area contributed by atoms with Crippen molar-refractivity contribution in [3.63, 3.8) is 0 Å². The van der Waals surface area contributed by atoms with Crippen LogP contribution in [0.1, 0.15) is 6.92 Å². The number of aliphatic imine (C=N–C) groups is 1. The maximum Gasteiger partial charge on any atom is 0.161 e. The fourth-order valence-electron chi connectivity index (χ4n) is 1.64. The highest BCUT2D eigenvalue weighted by Crippen LogP contribution is 2.27. The number of thioether (sulfide) groups is 1. The molecule has 1 aromatic rings. The van der Waals surface area contributed by atoms with Gasteiger partial charge in [-0.15, -0.1) is 0 Å². The van der Waals surface area contributed by atoms with Gasteiger partial charge in [-0.25, -0.2) is 0 Å². The first-order chi connectivity index (χ1) is 8.71. The van der Waals surface area contributed by atoms with Crippen molar-refractivity contribution in [1.82, 2.24) is 0 Å². The highest BCUT2D eigenvalue weighted by atomic mass is 32.2. The van der Waals surface area contributed by atoms with E-state index >= 15 is 0 Å². The van der Waals surface area contributed by atoms with Gasteiger partial charge in [-0.3, -0.25) is 4.99 Å². The van der Waals surface area contributed by atoms with E-state index in [9.17, 15) is 0 Å². The highest BCUT2D eigenvalue weighted by Gasteiger charge is 2.12. The van der Waals surface area contributed by atoms with E-state index < -0.39 is 0 Å². The summed E-state index contributed by atoms with van der Waals surface area (Å²) in [5.41, 5.74) is 0.937. The Balaban J connectivity index is 2.13. The summed E-state index contributed by atoms with van der Waals surface area (Å²) in [7, 11) is 3.29. The van der Waals surface area contributed by atoms with Crippen molar-refractivity contribution in [2.75, 3.05) is 31.8 Å². The first-order valence-corrected chi connectivity index (χ1v) is 6.87. The smallest absolute Gasteiger partial charge is 0.161 e. The number of nitrogens with one attached hydrogen (secondary N) is 1. The second kappa shape index (κ2) is 6.00. The SMILES string of the molecule is COc1cc(NC2=NCC(C)CS2)cc(OC)c1. The lowest BCUT2D eigenvalue weighted by Crippen LogP contribution is -2.18. The van der Waals surface area contributed by atoms with E-state index in [2.05, 4.69) is 17.2 Å². The fraction of sp³-hybridized carbons (Fsp3) is 0.462. The van der Waals surface area contributed by atoms with E-state index in [0.29, 0.717) is 5.92 Å². The summed E-state index contributed by atoms with van der Waals surface area (Å²) < 4.78 is 10.5. The van der Waals surface area contributed by atoms with Gasteiger partial charge in [0.25, 0.3) is 0 Å². The van der Waals surface area contributed by atoms with Crippen molar-refractivity contribution in [2.45, 2.75) is 6.92 Å². The molecule has 0 fully saturated rings. The van der Waals surface area contributed by atoms with Crippen LogP contribution in [-0.4, -0.2) is 31.7 Å². The van der Waals surface area contributed by atoms with Crippen LogP contribution >= 0.6 is 11.8 Å². The summed E-state index contributed by atoms with van der Waals surface area (Å²) in [5.74, 6) is 3.30. The number of ether oxygens (including phenoxy) is 2. The van der Waals surface area contributed by atoms with Crippen LogP contribution in [0.15, 0.2) is 23.2 Å². The van der Waals surface area contributed by atoms with Crippen LogP contribution in [0, 0.1) is 5.92 Å². The normalized spacial score (nSPS) is 19.1. The average Bonchev–Trinajstić information content (AvgIpc) is 2.41. The lowest BCUT2D eigenvalue weighted by atomic mass is 10.2. The lowest BCUT2D eigenvalue weighted by Gasteiger charge is -2.18. The lowest BCUT2D eigenvalue weighted by molar-refractivity contribution is 0.395. The Hall–Kier alpha value is -1.36. The minimum Gasteiger partial charge on any atom is -0.497 e. The van der Waals surface area contributed by atoms with E-state index in [0.717, 1.165) is 34.7 Å². The number of amidine groups is 1. The van der Waals surface area contributed by atoms with Gasteiger partial charge < -0.3 is 14.8 Å². The van der Waals surface area contributed by atoms with Gasteiger partial charge in [-0.2, -0.15) is 0 Å². The summed E-state index contributed by atoms with van der Waals surface area (Å²) in [5, 5.41) is 4.27. The van der Waals surface area contributed by atoms with Crippen molar-refractivity contribution in [3.05, 3.63) is 18.2 Å². The molecule has 0 saturated carbocycles. The quantitative estimate of drug-likeness (QED) is 0.913. The molecule has 0 saturated heterocycles. The van der Waals surface area contributed by atoms with E-state index in [1.807, 2.05) is 18.2 Å². The molecule has 0 amide bonds. The Kier molecular flexibility index (Phi) is 4.36. The predicted octanol–water partition coefficient (Wildman–Crippen LogP) is 2.85. The third kappa shape index (κ3) is 3.32. The summed E-state index contributed by atoms with van der Waals surface area (Å²) in [4.78, 5) is 4.50. The maximum absolute atomic E-state index is 5.24. The zero-order valence-electron chi connectivity index (χ0n) is 10.9. The summed E-state index contributed by atoms with van der Waals surface area (Å²) in [6.45, 7) is 3.10. The molecule has 1 atom stereocenters. The summed E-state index contributed by atoms with van der Waals surface area (Å²) in [6.07, 6.45) is 0. The first kappa shape index (κ1) is 13.1. The van der Waals surface area contributed by atoms with Crippen LogP contribution in [0.4, 0.5) is 5.69 Å². The van der Waals surface area contributed by atoms with E-state index in [1.165, 1.54) is 0 Å². The van der Waals surface area contributed by atoms with Crippen molar-refractivity contribution in [2.24, 2.45) is 10.9 Å². The number of anilines is 1. The first-order valence-electron chi connectivity index (χ1n) is 5.88. The molecule has 1 N–H and O–H groups in total. The van der Waals surface area contributed by atoms with E-state index in [-0.39, 0.29) is 0 Å².